The molecule has 0 saturated heterocycles. The zero-order chi connectivity index (χ0) is 16.0. The van der Waals surface area contributed by atoms with E-state index in [0.717, 1.165) is 5.56 Å². The summed E-state index contributed by atoms with van der Waals surface area (Å²) in [5.74, 6) is -0.908. The number of benzene rings is 1. The van der Waals surface area contributed by atoms with Crippen LogP contribution in [0.2, 0.25) is 0 Å². The molecule has 0 saturated carbocycles. The van der Waals surface area contributed by atoms with Gasteiger partial charge in [-0.3, -0.25) is 4.79 Å². The molecule has 5 heteroatoms. The van der Waals surface area contributed by atoms with Crippen LogP contribution in [0.5, 0.6) is 0 Å². The van der Waals surface area contributed by atoms with Crippen molar-refractivity contribution in [2.24, 2.45) is 0 Å². The Bertz CT molecular complexity index is 495. The molecule has 0 spiro atoms. The lowest BCUT2D eigenvalue weighted by Crippen LogP contribution is -2.43. The Kier molecular flexibility index (Phi) is 5.76. The van der Waals surface area contributed by atoms with E-state index < -0.39 is 5.97 Å². The fourth-order valence-electron chi connectivity index (χ4n) is 1.90. The lowest BCUT2D eigenvalue weighted by molar-refractivity contribution is -0.137. The van der Waals surface area contributed by atoms with Crippen molar-refractivity contribution in [3.05, 3.63) is 35.4 Å². The van der Waals surface area contributed by atoms with Gasteiger partial charge in [0.15, 0.2) is 0 Å². The summed E-state index contributed by atoms with van der Waals surface area (Å²) in [4.78, 5) is 23.8. The van der Waals surface area contributed by atoms with Crippen LogP contribution in [0, 0.1) is 6.92 Å². The zero-order valence-corrected chi connectivity index (χ0v) is 13.1. The van der Waals surface area contributed by atoms with Crippen LogP contribution in [0.4, 0.5) is 4.79 Å². The van der Waals surface area contributed by atoms with E-state index in [1.165, 1.54) is 10.5 Å². The molecule has 2 N–H and O–H groups in total. The number of carboxylic acid groups (broad SMARTS) is 1. The van der Waals surface area contributed by atoms with E-state index in [2.05, 4.69) is 43.4 Å². The predicted octanol–water partition coefficient (Wildman–Crippen LogP) is 2.39. The summed E-state index contributed by atoms with van der Waals surface area (Å²) in [6, 6.07) is 7.98. The van der Waals surface area contributed by atoms with E-state index in [0.29, 0.717) is 6.54 Å². The van der Waals surface area contributed by atoms with Crippen molar-refractivity contribution in [1.29, 1.82) is 0 Å². The molecule has 5 nitrogen and oxygen atoms in total. The molecule has 0 heterocycles. The number of hydrogen-bond donors (Lipinski definition) is 2. The summed E-state index contributed by atoms with van der Waals surface area (Å²) in [6.45, 7) is 6.86. The van der Waals surface area contributed by atoms with Gasteiger partial charge in [0.25, 0.3) is 0 Å². The quantitative estimate of drug-likeness (QED) is 0.846. The molecule has 0 aliphatic rings. The van der Waals surface area contributed by atoms with Gasteiger partial charge in [-0.1, -0.05) is 43.7 Å². The first-order chi connectivity index (χ1) is 9.72. The van der Waals surface area contributed by atoms with Gasteiger partial charge in [0.05, 0.1) is 6.42 Å². The molecule has 0 aliphatic carbocycles. The molecule has 2 amide bonds. The zero-order valence-electron chi connectivity index (χ0n) is 13.1. The summed E-state index contributed by atoms with van der Waals surface area (Å²) in [7, 11) is 1.59. The number of rotatable bonds is 6. The summed E-state index contributed by atoms with van der Waals surface area (Å²) >= 11 is 0. The maximum absolute atomic E-state index is 11.9. The molecule has 0 aliphatic heterocycles. The fraction of sp³-hybridized carbons (Fsp3) is 0.500. The van der Waals surface area contributed by atoms with Gasteiger partial charge in [-0.05, 0) is 12.5 Å². The fourth-order valence-corrected chi connectivity index (χ4v) is 1.90. The second kappa shape index (κ2) is 7.11. The molecular formula is C16H24N2O3. The van der Waals surface area contributed by atoms with Crippen molar-refractivity contribution in [2.75, 3.05) is 20.1 Å². The normalized spacial score (nSPS) is 11.0. The van der Waals surface area contributed by atoms with E-state index in [-0.39, 0.29) is 24.4 Å². The summed E-state index contributed by atoms with van der Waals surface area (Å²) in [6.07, 6.45) is -0.0503. The molecule has 1 rings (SSSR count). The molecule has 21 heavy (non-hydrogen) atoms. The van der Waals surface area contributed by atoms with Crippen LogP contribution < -0.4 is 5.32 Å². The van der Waals surface area contributed by atoms with Gasteiger partial charge in [0.1, 0.15) is 0 Å². The number of carboxylic acids is 1. The van der Waals surface area contributed by atoms with Crippen molar-refractivity contribution in [1.82, 2.24) is 10.2 Å². The van der Waals surface area contributed by atoms with E-state index in [9.17, 15) is 9.59 Å². The largest absolute Gasteiger partial charge is 0.481 e. The number of carbonyl (C=O) groups excluding carboxylic acids is 1. The molecule has 1 aromatic rings. The van der Waals surface area contributed by atoms with Crippen LogP contribution in [0.1, 0.15) is 31.4 Å². The number of aliphatic carboxylic acids is 1. The Hall–Kier alpha value is -2.04. The number of aryl methyl sites for hydroxylation is 1. The molecule has 0 aromatic heterocycles. The number of hydrogen-bond acceptors (Lipinski definition) is 2. The van der Waals surface area contributed by atoms with Gasteiger partial charge < -0.3 is 15.3 Å². The smallest absolute Gasteiger partial charge is 0.317 e. The number of carbonyl (C=O) groups is 2. The summed E-state index contributed by atoms with van der Waals surface area (Å²) < 4.78 is 0. The third-order valence-corrected chi connectivity index (χ3v) is 3.52. The van der Waals surface area contributed by atoms with Gasteiger partial charge in [-0.25, -0.2) is 4.79 Å². The van der Waals surface area contributed by atoms with Gasteiger partial charge >= 0.3 is 12.0 Å². The van der Waals surface area contributed by atoms with Crippen LogP contribution in [-0.2, 0) is 10.2 Å². The highest BCUT2D eigenvalue weighted by Gasteiger charge is 2.22. The second-order valence-electron chi connectivity index (χ2n) is 5.97. The first-order valence-electron chi connectivity index (χ1n) is 7.00. The molecule has 0 bridgehead atoms. The van der Waals surface area contributed by atoms with Crippen molar-refractivity contribution in [2.45, 2.75) is 32.6 Å². The second-order valence-corrected chi connectivity index (χ2v) is 5.97. The van der Waals surface area contributed by atoms with E-state index in [1.807, 2.05) is 6.92 Å². The van der Waals surface area contributed by atoms with Crippen LogP contribution >= 0.6 is 0 Å². The maximum Gasteiger partial charge on any atom is 0.317 e. The first kappa shape index (κ1) is 17.0. The predicted molar refractivity (Wildman–Crippen MR) is 82.5 cm³/mol. The Morgan fingerprint density at radius 1 is 1.24 bits per heavy atom. The SMILES string of the molecule is Cc1ccc(C(C)(C)CNC(=O)N(C)CCC(=O)O)cc1. The lowest BCUT2D eigenvalue weighted by atomic mass is 9.84. The Balaban J connectivity index is 2.54. The highest BCUT2D eigenvalue weighted by molar-refractivity contribution is 5.75. The van der Waals surface area contributed by atoms with Gasteiger partial charge in [-0.15, -0.1) is 0 Å². The lowest BCUT2D eigenvalue weighted by Gasteiger charge is -2.27. The van der Waals surface area contributed by atoms with Gasteiger partial charge in [-0.2, -0.15) is 0 Å². The average molecular weight is 292 g/mol. The average Bonchev–Trinajstić information content (AvgIpc) is 2.42. The van der Waals surface area contributed by atoms with Crippen molar-refractivity contribution < 1.29 is 14.7 Å². The number of nitrogens with one attached hydrogen (secondary N) is 1. The number of nitrogens with zero attached hydrogens (tertiary/aromatic N) is 1. The van der Waals surface area contributed by atoms with Crippen LogP contribution in [-0.4, -0.2) is 42.1 Å². The van der Waals surface area contributed by atoms with E-state index in [1.54, 1.807) is 7.05 Å². The maximum atomic E-state index is 11.9. The van der Waals surface area contributed by atoms with Crippen molar-refractivity contribution in [3.8, 4) is 0 Å². The standard InChI is InChI=1S/C16H24N2O3/c1-12-5-7-13(8-6-12)16(2,3)11-17-15(21)18(4)10-9-14(19)20/h5-8H,9-11H2,1-4H3,(H,17,21)(H,19,20). The van der Waals surface area contributed by atoms with Crippen LogP contribution in [0.3, 0.4) is 0 Å². The van der Waals surface area contributed by atoms with Crippen LogP contribution in [0.15, 0.2) is 24.3 Å². The highest BCUT2D eigenvalue weighted by Crippen LogP contribution is 2.22. The first-order valence-corrected chi connectivity index (χ1v) is 7.00. The van der Waals surface area contributed by atoms with E-state index in [4.69, 9.17) is 5.11 Å². The molecule has 0 unspecified atom stereocenters. The monoisotopic (exact) mass is 292 g/mol. The van der Waals surface area contributed by atoms with Crippen molar-refractivity contribution in [3.63, 3.8) is 0 Å². The van der Waals surface area contributed by atoms with Crippen LogP contribution in [0.25, 0.3) is 0 Å². The third-order valence-electron chi connectivity index (χ3n) is 3.52. The molecule has 0 atom stereocenters. The minimum absolute atomic E-state index is 0.0503. The number of urea groups is 1. The molecular weight excluding hydrogens is 268 g/mol. The summed E-state index contributed by atoms with van der Waals surface area (Å²) in [5, 5.41) is 11.5. The molecule has 0 fully saturated rings. The van der Waals surface area contributed by atoms with Crippen molar-refractivity contribution >= 4 is 12.0 Å². The Morgan fingerprint density at radius 3 is 2.33 bits per heavy atom. The summed E-state index contributed by atoms with van der Waals surface area (Å²) in [5.41, 5.74) is 2.17. The number of amides is 2. The minimum atomic E-state index is -0.908. The van der Waals surface area contributed by atoms with Gasteiger partial charge in [0.2, 0.25) is 0 Å². The highest BCUT2D eigenvalue weighted by atomic mass is 16.4. The van der Waals surface area contributed by atoms with Gasteiger partial charge in [0, 0.05) is 25.6 Å². The molecule has 116 valence electrons. The topological polar surface area (TPSA) is 69.6 Å². The third kappa shape index (κ3) is 5.45. The van der Waals surface area contributed by atoms with E-state index >= 15 is 0 Å². The Morgan fingerprint density at radius 2 is 1.81 bits per heavy atom. The minimum Gasteiger partial charge on any atom is -0.481 e. The molecule has 1 aromatic carbocycles. The Labute approximate surface area is 126 Å². The molecule has 0 radical (unpaired) electrons.